The second-order valence-electron chi connectivity index (χ2n) is 13.6. The number of hydrogen-bond donors (Lipinski definition) is 0. The summed E-state index contributed by atoms with van der Waals surface area (Å²) < 4.78 is 0. The lowest BCUT2D eigenvalue weighted by Crippen LogP contribution is -1.92. The van der Waals surface area contributed by atoms with E-state index in [4.69, 9.17) is 0 Å². The lowest BCUT2D eigenvalue weighted by Gasteiger charge is -2.19. The van der Waals surface area contributed by atoms with E-state index in [9.17, 15) is 0 Å². The summed E-state index contributed by atoms with van der Waals surface area (Å²) >= 11 is 0. The Kier molecular flexibility index (Phi) is 7.25. The second kappa shape index (κ2) is 12.5. The van der Waals surface area contributed by atoms with Gasteiger partial charge in [-0.25, -0.2) is 0 Å². The Morgan fingerprint density at radius 1 is 0.269 bits per heavy atom. The van der Waals surface area contributed by atoms with E-state index < -0.39 is 0 Å². The molecular weight excluding hydrogens is 625 g/mol. The molecule has 0 N–H and O–H groups in total. The van der Waals surface area contributed by atoms with Gasteiger partial charge in [0.05, 0.1) is 0 Å². The van der Waals surface area contributed by atoms with Crippen LogP contribution in [-0.4, -0.2) is 0 Å². The molecular formula is C52H34. The van der Waals surface area contributed by atoms with Crippen LogP contribution in [0.25, 0.3) is 99.4 Å². The van der Waals surface area contributed by atoms with Crippen molar-refractivity contribution in [2.45, 2.75) is 0 Å². The quantitative estimate of drug-likeness (QED) is 0.0981. The molecule has 0 aliphatic heterocycles. The van der Waals surface area contributed by atoms with E-state index in [1.807, 2.05) is 0 Å². The van der Waals surface area contributed by atoms with Crippen molar-refractivity contribution in [3.63, 3.8) is 0 Å². The fraction of sp³-hybridized carbons (Fsp3) is 0. The maximum atomic E-state index is 2.39. The van der Waals surface area contributed by atoms with Gasteiger partial charge in [-0.15, -0.1) is 0 Å². The van der Waals surface area contributed by atoms with Crippen LogP contribution in [0.5, 0.6) is 0 Å². The van der Waals surface area contributed by atoms with E-state index in [1.54, 1.807) is 0 Å². The Bertz CT molecular complexity index is 2930. The highest BCUT2D eigenvalue weighted by atomic mass is 14.2. The molecule has 242 valence electrons. The standard InChI is InChI=1S/C52H34/c1-2-14-36(15-3-1)42-33-32-37(40-17-6-7-19-43(40)42)29-26-35-27-30-38(31-28-35)51-46-22-10-12-24-48(46)52(49-25-13-11-23-47(49)51)50-34-39-16-4-5-18-41(39)44-20-8-9-21-45(44)50/h1-34H/b29-26+. The Labute approximate surface area is 303 Å². The monoisotopic (exact) mass is 658 g/mol. The fourth-order valence-electron chi connectivity index (χ4n) is 8.27. The van der Waals surface area contributed by atoms with Crippen molar-refractivity contribution >= 4 is 66.0 Å². The van der Waals surface area contributed by atoms with Gasteiger partial charge in [0.25, 0.3) is 0 Å². The molecule has 0 aliphatic carbocycles. The van der Waals surface area contributed by atoms with E-state index in [0.29, 0.717) is 0 Å². The number of benzene rings is 10. The van der Waals surface area contributed by atoms with Crippen LogP contribution >= 0.6 is 0 Å². The SMILES string of the molecule is C(=C\c1ccc(-c2ccccc2)c2ccccc12)/c1ccc(-c2c3ccccc3c(-c3cc4ccccc4c4ccccc34)c3ccccc23)cc1. The highest BCUT2D eigenvalue weighted by molar-refractivity contribution is 6.25. The Hall–Kier alpha value is -6.76. The van der Waals surface area contributed by atoms with Crippen molar-refractivity contribution < 1.29 is 0 Å². The molecule has 10 rings (SSSR count). The van der Waals surface area contributed by atoms with Crippen molar-refractivity contribution in [3.8, 4) is 33.4 Å². The molecule has 0 unspecified atom stereocenters. The van der Waals surface area contributed by atoms with Crippen molar-refractivity contribution in [2.75, 3.05) is 0 Å². The third kappa shape index (κ3) is 5.00. The van der Waals surface area contributed by atoms with Crippen molar-refractivity contribution in [2.24, 2.45) is 0 Å². The van der Waals surface area contributed by atoms with Crippen LogP contribution in [0.15, 0.2) is 194 Å². The van der Waals surface area contributed by atoms with Crippen LogP contribution in [0, 0.1) is 0 Å². The molecule has 0 heterocycles. The van der Waals surface area contributed by atoms with Gasteiger partial charge in [0.2, 0.25) is 0 Å². The molecule has 52 heavy (non-hydrogen) atoms. The highest BCUT2D eigenvalue weighted by Crippen LogP contribution is 2.46. The van der Waals surface area contributed by atoms with E-state index in [-0.39, 0.29) is 0 Å². The van der Waals surface area contributed by atoms with Crippen LogP contribution in [0.2, 0.25) is 0 Å². The Morgan fingerprint density at radius 3 is 1.42 bits per heavy atom. The third-order valence-electron chi connectivity index (χ3n) is 10.7. The molecule has 0 heteroatoms. The molecule has 0 radical (unpaired) electrons. The summed E-state index contributed by atoms with van der Waals surface area (Å²) in [4.78, 5) is 0. The largest absolute Gasteiger partial charge is 0.0622 e. The summed E-state index contributed by atoms with van der Waals surface area (Å²) in [6, 6.07) is 70.8. The van der Waals surface area contributed by atoms with Gasteiger partial charge < -0.3 is 0 Å². The van der Waals surface area contributed by atoms with Crippen LogP contribution < -0.4 is 0 Å². The molecule has 0 amide bonds. The topological polar surface area (TPSA) is 0 Å². The zero-order valence-electron chi connectivity index (χ0n) is 28.6. The summed E-state index contributed by atoms with van der Waals surface area (Å²) in [7, 11) is 0. The predicted octanol–water partition coefficient (Wildman–Crippen LogP) is 14.6. The molecule has 0 saturated heterocycles. The van der Waals surface area contributed by atoms with Crippen molar-refractivity contribution in [3.05, 3.63) is 205 Å². The molecule has 0 bridgehead atoms. The van der Waals surface area contributed by atoms with Crippen LogP contribution in [0.1, 0.15) is 11.1 Å². The van der Waals surface area contributed by atoms with Crippen molar-refractivity contribution in [1.82, 2.24) is 0 Å². The van der Waals surface area contributed by atoms with E-state index in [1.165, 1.54) is 98.4 Å². The van der Waals surface area contributed by atoms with Gasteiger partial charge in [-0.1, -0.05) is 200 Å². The average molecular weight is 659 g/mol. The number of hydrogen-bond acceptors (Lipinski definition) is 0. The molecule has 0 atom stereocenters. The summed E-state index contributed by atoms with van der Waals surface area (Å²) in [6.45, 7) is 0. The molecule has 0 aliphatic rings. The van der Waals surface area contributed by atoms with Crippen LogP contribution in [0.3, 0.4) is 0 Å². The van der Waals surface area contributed by atoms with Gasteiger partial charge in [-0.05, 0) is 104 Å². The van der Waals surface area contributed by atoms with Crippen molar-refractivity contribution in [1.29, 1.82) is 0 Å². The highest BCUT2D eigenvalue weighted by Gasteiger charge is 2.19. The molecule has 0 aromatic heterocycles. The first-order chi connectivity index (χ1) is 25.8. The zero-order chi connectivity index (χ0) is 34.4. The van der Waals surface area contributed by atoms with Gasteiger partial charge in [-0.2, -0.15) is 0 Å². The molecule has 0 fully saturated rings. The van der Waals surface area contributed by atoms with Gasteiger partial charge in [-0.3, -0.25) is 0 Å². The number of fused-ring (bicyclic) bond motifs is 6. The lowest BCUT2D eigenvalue weighted by molar-refractivity contribution is 1.63. The summed E-state index contributed by atoms with van der Waals surface area (Å²) in [5, 5.41) is 12.7. The summed E-state index contributed by atoms with van der Waals surface area (Å²) in [5.41, 5.74) is 9.96. The van der Waals surface area contributed by atoms with Gasteiger partial charge in [0.1, 0.15) is 0 Å². The normalized spacial score (nSPS) is 11.8. The average Bonchev–Trinajstić information content (AvgIpc) is 3.22. The van der Waals surface area contributed by atoms with E-state index in [0.717, 1.165) is 0 Å². The predicted molar refractivity (Wildman–Crippen MR) is 226 cm³/mol. The Balaban J connectivity index is 1.09. The van der Waals surface area contributed by atoms with Gasteiger partial charge in [0.15, 0.2) is 0 Å². The Morgan fingerprint density at radius 2 is 0.769 bits per heavy atom. The van der Waals surface area contributed by atoms with Crippen LogP contribution in [0.4, 0.5) is 0 Å². The maximum Gasteiger partial charge on any atom is -0.00199 e. The maximum absolute atomic E-state index is 2.39. The first kappa shape index (κ1) is 30.1. The van der Waals surface area contributed by atoms with Gasteiger partial charge >= 0.3 is 0 Å². The fourth-order valence-corrected chi connectivity index (χ4v) is 8.27. The van der Waals surface area contributed by atoms with E-state index in [2.05, 4.69) is 206 Å². The first-order valence-electron chi connectivity index (χ1n) is 18.0. The molecule has 0 nitrogen and oxygen atoms in total. The minimum atomic E-state index is 1.17. The summed E-state index contributed by atoms with van der Waals surface area (Å²) in [6.07, 6.45) is 4.48. The molecule has 0 spiro atoms. The van der Waals surface area contributed by atoms with Gasteiger partial charge in [0, 0.05) is 0 Å². The first-order valence-corrected chi connectivity index (χ1v) is 18.0. The summed E-state index contributed by atoms with van der Waals surface area (Å²) in [5.74, 6) is 0. The number of rotatable bonds is 5. The zero-order valence-corrected chi connectivity index (χ0v) is 28.6. The van der Waals surface area contributed by atoms with Crippen LogP contribution in [-0.2, 0) is 0 Å². The minimum absolute atomic E-state index is 1.17. The molecule has 10 aromatic rings. The molecule has 0 saturated carbocycles. The minimum Gasteiger partial charge on any atom is -0.0622 e. The second-order valence-corrected chi connectivity index (χ2v) is 13.6. The third-order valence-corrected chi connectivity index (χ3v) is 10.7. The molecule has 10 aromatic carbocycles. The smallest absolute Gasteiger partial charge is 0.00199 e. The van der Waals surface area contributed by atoms with E-state index >= 15 is 0 Å². The lowest BCUT2D eigenvalue weighted by atomic mass is 9.84.